The standard InChI is InChI=1S/C64H80N3O14P3/c1-3-31-55(32-4-1)76-67-83(77-61-35-11-7-23-51(61)27-15-19-39-68-43-57-47-72-57,78-62-36-12-8-24-52(62)28-16-20-40-69-44-58-48-73-58)65-82-66-84(67,79-56-33-5-2-6-34-56,80-63-37-13-9-25-53(63)29-17-21-41-70-45-59-49-74-59)81-64-38-14-10-26-54(64)30-18-22-42-71-46-60-50-75-60/h1-14,23-26,31-38,57-60,66,82H,15-22,27-30,39-50H2. The second kappa shape index (κ2) is 30.4. The average Bonchev–Trinajstić information content (AvgIpc) is 1.67. The SMILES string of the molecule is c1ccc(ON2P(Oc3ccccc3CCCCOCC3CO3)(Oc3ccccc3CCCCOCC3CO3)=NPNP2(Oc2ccccc2)(Oc2ccccc2CCCCOCC2CO2)Oc2ccccc2CCCCOCC2CO2)cc1. The van der Waals surface area contributed by atoms with Crippen molar-refractivity contribution in [3.8, 4) is 34.5 Å². The fourth-order valence-electron chi connectivity index (χ4n) is 9.56. The molecule has 0 aliphatic carbocycles. The van der Waals surface area contributed by atoms with Crippen molar-refractivity contribution in [3.63, 3.8) is 0 Å². The predicted octanol–water partition coefficient (Wildman–Crippen LogP) is 13.8. The van der Waals surface area contributed by atoms with E-state index in [1.165, 1.54) is 0 Å². The third-order valence-electron chi connectivity index (χ3n) is 14.5. The molecule has 450 valence electrons. The number of hydrogen-bond donors (Lipinski definition) is 1. The van der Waals surface area contributed by atoms with Gasteiger partial charge in [0.05, 0.1) is 13.2 Å². The number of epoxide rings is 4. The molecule has 4 fully saturated rings. The summed E-state index contributed by atoms with van der Waals surface area (Å²) < 4.78 is 92.1. The van der Waals surface area contributed by atoms with Gasteiger partial charge in [-0.15, -0.1) is 0 Å². The molecule has 5 atom stereocenters. The summed E-state index contributed by atoms with van der Waals surface area (Å²) in [6, 6.07) is 51.4. The van der Waals surface area contributed by atoms with Crippen LogP contribution in [0.2, 0.25) is 0 Å². The monoisotopic (exact) mass is 1210 g/mol. The van der Waals surface area contributed by atoms with Crippen LogP contribution in [-0.4, -0.2) is 108 Å². The van der Waals surface area contributed by atoms with Gasteiger partial charge in [0.25, 0.3) is 0 Å². The third-order valence-corrected chi connectivity index (χ3v) is 23.0. The Labute approximate surface area is 496 Å². The van der Waals surface area contributed by atoms with Gasteiger partial charge in [-0.05, 0) is 0 Å². The number of nitrogens with one attached hydrogen (secondary N) is 1. The number of benzene rings is 6. The van der Waals surface area contributed by atoms with Gasteiger partial charge >= 0.3 is 476 Å². The average molecular weight is 1210 g/mol. The molecule has 4 saturated heterocycles. The Morgan fingerprint density at radius 2 is 0.750 bits per heavy atom. The molecule has 6 aromatic rings. The molecule has 6 aromatic carbocycles. The Morgan fingerprint density at radius 1 is 0.417 bits per heavy atom. The molecule has 0 bridgehead atoms. The van der Waals surface area contributed by atoms with E-state index in [1.807, 2.05) is 133 Å². The molecule has 20 heteroatoms. The molecule has 5 heterocycles. The minimum atomic E-state index is -5.64. The summed E-state index contributed by atoms with van der Waals surface area (Å²) in [5.74, 6) is 3.01. The molecule has 0 radical (unpaired) electrons. The van der Waals surface area contributed by atoms with E-state index in [1.54, 1.807) is 4.60 Å². The normalized spacial score (nSPS) is 22.4. The molecule has 84 heavy (non-hydrogen) atoms. The second-order valence-electron chi connectivity index (χ2n) is 21.5. The Hall–Kier alpha value is -5.19. The fourth-order valence-corrected chi connectivity index (χ4v) is 19.1. The van der Waals surface area contributed by atoms with Gasteiger partial charge in [-0.1, -0.05) is 0 Å². The second-order valence-corrected chi connectivity index (χ2v) is 28.0. The molecule has 11 rings (SSSR count). The van der Waals surface area contributed by atoms with Gasteiger partial charge in [0.2, 0.25) is 0 Å². The maximum atomic E-state index is 8.02. The van der Waals surface area contributed by atoms with Crippen molar-refractivity contribution in [1.29, 1.82) is 0 Å². The number of ether oxygens (including phenoxy) is 8. The van der Waals surface area contributed by atoms with Crippen molar-refractivity contribution in [1.82, 2.24) is 9.46 Å². The van der Waals surface area contributed by atoms with Crippen molar-refractivity contribution in [2.45, 2.75) is 101 Å². The minimum absolute atomic E-state index is 0.198. The zero-order valence-corrected chi connectivity index (χ0v) is 50.6. The molecular formula is C64H80N3O14P3. The number of nitrogens with zero attached hydrogens (tertiary/aromatic N) is 2. The van der Waals surface area contributed by atoms with Gasteiger partial charge in [0, 0.05) is 0 Å². The number of unbranched alkanes of at least 4 members (excludes halogenated alkanes) is 4. The Kier molecular flexibility index (Phi) is 21.9. The summed E-state index contributed by atoms with van der Waals surface area (Å²) in [4.78, 5) is 11.4. The van der Waals surface area contributed by atoms with Crippen LogP contribution in [0.15, 0.2) is 162 Å². The topological polar surface area (TPSA) is 170 Å². The first-order chi connectivity index (χ1) is 41.5. The summed E-state index contributed by atoms with van der Waals surface area (Å²) in [7, 11) is -10.4. The van der Waals surface area contributed by atoms with E-state index >= 15 is 0 Å². The molecule has 5 aliphatic heterocycles. The fraction of sp³-hybridized carbons (Fsp3) is 0.438. The molecule has 0 amide bonds. The van der Waals surface area contributed by atoms with Crippen LogP contribution in [0.25, 0.3) is 0 Å². The third kappa shape index (κ3) is 17.7. The van der Waals surface area contributed by atoms with E-state index < -0.39 is 24.1 Å². The molecule has 0 spiro atoms. The van der Waals surface area contributed by atoms with Crippen LogP contribution in [0, 0.1) is 0 Å². The van der Waals surface area contributed by atoms with E-state index in [9.17, 15) is 0 Å². The van der Waals surface area contributed by atoms with Gasteiger partial charge in [-0.2, -0.15) is 0 Å². The quantitative estimate of drug-likeness (QED) is 0.0219. The van der Waals surface area contributed by atoms with Crippen LogP contribution in [-0.2, 0) is 63.6 Å². The van der Waals surface area contributed by atoms with Crippen molar-refractivity contribution in [2.75, 3.05) is 79.3 Å². The Balaban J connectivity index is 1.04. The number of rotatable bonds is 40. The van der Waals surface area contributed by atoms with Gasteiger partial charge in [-0.25, -0.2) is 0 Å². The molecular weight excluding hydrogens is 1130 g/mol. The van der Waals surface area contributed by atoms with Gasteiger partial charge in [0.15, 0.2) is 0 Å². The van der Waals surface area contributed by atoms with Crippen LogP contribution in [0.1, 0.15) is 73.6 Å². The van der Waals surface area contributed by atoms with Crippen LogP contribution in [0.4, 0.5) is 0 Å². The summed E-state index contributed by atoms with van der Waals surface area (Å²) in [5, 5.41) is 0. The van der Waals surface area contributed by atoms with E-state index in [4.69, 9.17) is 69.9 Å². The first-order valence-electron chi connectivity index (χ1n) is 29.8. The van der Waals surface area contributed by atoms with E-state index in [0.29, 0.717) is 113 Å². The first kappa shape index (κ1) is 60.5. The van der Waals surface area contributed by atoms with Gasteiger partial charge in [-0.3, -0.25) is 0 Å². The summed E-state index contributed by atoms with van der Waals surface area (Å²) in [6.07, 6.45) is 10.1. The number of para-hydroxylation sites is 6. The molecule has 0 aromatic heterocycles. The van der Waals surface area contributed by atoms with Crippen LogP contribution in [0.3, 0.4) is 0 Å². The van der Waals surface area contributed by atoms with E-state index in [0.717, 1.165) is 100 Å². The zero-order chi connectivity index (χ0) is 57.0. The number of hydrogen-bond acceptors (Lipinski definition) is 17. The summed E-state index contributed by atoms with van der Waals surface area (Å²) in [6.45, 7) is 7.91. The number of aryl methyl sites for hydroxylation is 4. The van der Waals surface area contributed by atoms with Crippen LogP contribution < -0.4 is 32.3 Å². The first-order valence-corrected chi connectivity index (χ1v) is 34.3. The van der Waals surface area contributed by atoms with Gasteiger partial charge < -0.3 is 9.47 Å². The van der Waals surface area contributed by atoms with Crippen molar-refractivity contribution >= 4 is 24.1 Å². The van der Waals surface area contributed by atoms with E-state index in [2.05, 4.69) is 29.1 Å². The predicted molar refractivity (Wildman–Crippen MR) is 326 cm³/mol. The molecule has 5 unspecified atom stereocenters. The van der Waals surface area contributed by atoms with Gasteiger partial charge in [0.1, 0.15) is 0 Å². The maximum absolute atomic E-state index is 8.02. The molecule has 0 saturated carbocycles. The zero-order valence-electron chi connectivity index (χ0n) is 47.8. The summed E-state index contributed by atoms with van der Waals surface area (Å²) >= 11 is 0. The van der Waals surface area contributed by atoms with Crippen molar-refractivity contribution in [3.05, 3.63) is 180 Å². The summed E-state index contributed by atoms with van der Waals surface area (Å²) in [5.41, 5.74) is 3.76. The molecule has 5 aliphatic rings. The van der Waals surface area contributed by atoms with Crippen molar-refractivity contribution in [2.24, 2.45) is 4.52 Å². The Morgan fingerprint density at radius 3 is 1.13 bits per heavy atom. The van der Waals surface area contributed by atoms with E-state index in [-0.39, 0.29) is 24.4 Å². The van der Waals surface area contributed by atoms with Crippen molar-refractivity contribution < 1.29 is 65.4 Å². The van der Waals surface area contributed by atoms with Crippen LogP contribution in [0.5, 0.6) is 34.5 Å². The Bertz CT molecular complexity index is 2880. The molecule has 17 nitrogen and oxygen atoms in total. The van der Waals surface area contributed by atoms with Crippen LogP contribution >= 0.6 is 24.1 Å². The molecule has 1 N–H and O–H groups in total.